The van der Waals surface area contributed by atoms with Crippen molar-refractivity contribution in [2.24, 2.45) is 11.3 Å². The first kappa shape index (κ1) is 16.4. The highest BCUT2D eigenvalue weighted by atomic mass is 35.5. The third-order valence-corrected chi connectivity index (χ3v) is 3.45. The molecule has 0 aliphatic rings. The maximum absolute atomic E-state index is 6.28. The smallest absolute Gasteiger partial charge is 0.0910 e. The Kier molecular flexibility index (Phi) is 5.38. The second-order valence-electron chi connectivity index (χ2n) is 6.08. The van der Waals surface area contributed by atoms with Crippen molar-refractivity contribution < 1.29 is 4.74 Å². The van der Waals surface area contributed by atoms with E-state index >= 15 is 0 Å². The Labute approximate surface area is 120 Å². The topological polar surface area (TPSA) is 65.1 Å². The predicted octanol–water partition coefficient (Wildman–Crippen LogP) is 2.68. The average molecular weight is 289 g/mol. The van der Waals surface area contributed by atoms with Crippen molar-refractivity contribution in [3.8, 4) is 0 Å². The third-order valence-electron chi connectivity index (χ3n) is 3.16. The van der Waals surface area contributed by atoms with Crippen LogP contribution in [0.25, 0.3) is 0 Å². The number of hydrogen-bond acceptors (Lipinski definition) is 4. The van der Waals surface area contributed by atoms with Gasteiger partial charge in [0.2, 0.25) is 0 Å². The Bertz CT molecular complexity index is 411. The molecular formula is C13H25ClN4O. The molecule has 6 heteroatoms. The molecule has 1 aromatic rings. The van der Waals surface area contributed by atoms with Crippen LogP contribution in [0.15, 0.2) is 6.20 Å². The first-order valence-electron chi connectivity index (χ1n) is 6.45. The van der Waals surface area contributed by atoms with Crippen molar-refractivity contribution in [3.63, 3.8) is 0 Å². The fourth-order valence-electron chi connectivity index (χ4n) is 2.35. The third kappa shape index (κ3) is 3.48. The first-order chi connectivity index (χ1) is 8.73. The summed E-state index contributed by atoms with van der Waals surface area (Å²) in [5.41, 5.74) is 3.61. The number of nitrogens with two attached hydrogens (primary N) is 1. The highest BCUT2D eigenvalue weighted by Crippen LogP contribution is 2.35. The highest BCUT2D eigenvalue weighted by molar-refractivity contribution is 6.31. The number of halogens is 1. The summed E-state index contributed by atoms with van der Waals surface area (Å²) in [7, 11) is 1.68. The van der Waals surface area contributed by atoms with Gasteiger partial charge in [-0.05, 0) is 19.3 Å². The number of ether oxygens (including phenoxy) is 1. The standard InChI is InChI=1S/C13H25ClN4O/c1-8(2)18-11(9(14)7-16-18)10(17-15)12(19-6)13(3,4)5/h7-8,10,12,17H,15H2,1-6H3. The van der Waals surface area contributed by atoms with Gasteiger partial charge in [-0.3, -0.25) is 10.5 Å². The second kappa shape index (κ2) is 6.22. The monoisotopic (exact) mass is 288 g/mol. The maximum Gasteiger partial charge on any atom is 0.0910 e. The summed E-state index contributed by atoms with van der Waals surface area (Å²) < 4.78 is 7.52. The number of methoxy groups -OCH3 is 1. The molecule has 2 atom stereocenters. The van der Waals surface area contributed by atoms with Gasteiger partial charge in [0.25, 0.3) is 0 Å². The van der Waals surface area contributed by atoms with E-state index < -0.39 is 0 Å². The van der Waals surface area contributed by atoms with Gasteiger partial charge in [-0.2, -0.15) is 5.10 Å². The van der Waals surface area contributed by atoms with Crippen LogP contribution in [0.1, 0.15) is 52.4 Å². The van der Waals surface area contributed by atoms with Crippen molar-refractivity contribution >= 4 is 11.6 Å². The van der Waals surface area contributed by atoms with Crippen molar-refractivity contribution in [1.29, 1.82) is 0 Å². The van der Waals surface area contributed by atoms with Crippen LogP contribution in [0.4, 0.5) is 0 Å². The van der Waals surface area contributed by atoms with Crippen molar-refractivity contribution in [3.05, 3.63) is 16.9 Å². The van der Waals surface area contributed by atoms with Gasteiger partial charge in [-0.25, -0.2) is 5.43 Å². The minimum Gasteiger partial charge on any atom is -0.379 e. The van der Waals surface area contributed by atoms with E-state index in [-0.39, 0.29) is 23.6 Å². The van der Waals surface area contributed by atoms with Crippen LogP contribution in [0.5, 0.6) is 0 Å². The van der Waals surface area contributed by atoms with Crippen LogP contribution >= 0.6 is 11.6 Å². The van der Waals surface area contributed by atoms with Crippen molar-refractivity contribution in [2.45, 2.75) is 52.8 Å². The van der Waals surface area contributed by atoms with Gasteiger partial charge in [0, 0.05) is 13.2 Å². The summed E-state index contributed by atoms with van der Waals surface area (Å²) in [6.45, 7) is 10.4. The number of nitrogens with zero attached hydrogens (tertiary/aromatic N) is 2. The van der Waals surface area contributed by atoms with Gasteiger partial charge < -0.3 is 4.74 Å². The van der Waals surface area contributed by atoms with E-state index in [1.807, 2.05) is 4.68 Å². The molecule has 0 radical (unpaired) electrons. The van der Waals surface area contributed by atoms with Crippen LogP contribution in [-0.4, -0.2) is 23.0 Å². The molecule has 110 valence electrons. The normalized spacial score (nSPS) is 15.8. The van der Waals surface area contributed by atoms with Crippen molar-refractivity contribution in [1.82, 2.24) is 15.2 Å². The Balaban J connectivity index is 3.26. The summed E-state index contributed by atoms with van der Waals surface area (Å²) in [5.74, 6) is 5.75. The van der Waals surface area contributed by atoms with Gasteiger partial charge in [-0.1, -0.05) is 32.4 Å². The van der Waals surface area contributed by atoms with Gasteiger partial charge in [0.15, 0.2) is 0 Å². The Morgan fingerprint density at radius 2 is 2.00 bits per heavy atom. The van der Waals surface area contributed by atoms with Crippen LogP contribution in [0, 0.1) is 5.41 Å². The molecule has 3 N–H and O–H groups in total. The minimum absolute atomic E-state index is 0.0821. The fourth-order valence-corrected chi connectivity index (χ4v) is 2.60. The number of nitrogens with one attached hydrogen (secondary N) is 1. The van der Waals surface area contributed by atoms with E-state index in [0.29, 0.717) is 5.02 Å². The largest absolute Gasteiger partial charge is 0.379 e. The molecule has 2 unspecified atom stereocenters. The number of aromatic nitrogens is 2. The molecular weight excluding hydrogens is 264 g/mol. The molecule has 0 aliphatic heterocycles. The SMILES string of the molecule is COC(C(NN)c1c(Cl)cnn1C(C)C)C(C)(C)C. The van der Waals surface area contributed by atoms with Gasteiger partial charge in [0.1, 0.15) is 0 Å². The number of hydrazine groups is 1. The van der Waals surface area contributed by atoms with E-state index in [1.165, 1.54) is 0 Å². The molecule has 0 saturated heterocycles. The average Bonchev–Trinajstić information content (AvgIpc) is 2.66. The van der Waals surface area contributed by atoms with E-state index in [1.54, 1.807) is 13.3 Å². The lowest BCUT2D eigenvalue weighted by atomic mass is 9.83. The van der Waals surface area contributed by atoms with Crippen LogP contribution in [0.2, 0.25) is 5.02 Å². The number of rotatable bonds is 5. The lowest BCUT2D eigenvalue weighted by molar-refractivity contribution is -0.0143. The Morgan fingerprint density at radius 3 is 2.37 bits per heavy atom. The summed E-state index contributed by atoms with van der Waals surface area (Å²) >= 11 is 6.28. The lowest BCUT2D eigenvalue weighted by Crippen LogP contribution is -2.45. The van der Waals surface area contributed by atoms with Crippen LogP contribution in [-0.2, 0) is 4.74 Å². The summed E-state index contributed by atoms with van der Waals surface area (Å²) in [6.07, 6.45) is 1.53. The molecule has 0 aliphatic carbocycles. The molecule has 19 heavy (non-hydrogen) atoms. The molecule has 1 aromatic heterocycles. The summed E-state index contributed by atoms with van der Waals surface area (Å²) in [5, 5.41) is 4.92. The molecule has 0 amide bonds. The maximum atomic E-state index is 6.28. The Hall–Kier alpha value is -0.620. The zero-order valence-corrected chi connectivity index (χ0v) is 13.3. The molecule has 0 spiro atoms. The first-order valence-corrected chi connectivity index (χ1v) is 6.83. The van der Waals surface area contributed by atoms with Crippen LogP contribution in [0.3, 0.4) is 0 Å². The summed E-state index contributed by atoms with van der Waals surface area (Å²) in [6, 6.07) is -0.0155. The zero-order valence-electron chi connectivity index (χ0n) is 12.6. The number of hydrogen-bond donors (Lipinski definition) is 2. The van der Waals surface area contributed by atoms with E-state index in [0.717, 1.165) is 5.69 Å². The molecule has 1 rings (SSSR count). The molecule has 0 fully saturated rings. The van der Waals surface area contributed by atoms with E-state index in [4.69, 9.17) is 22.2 Å². The molecule has 1 heterocycles. The molecule has 5 nitrogen and oxygen atoms in total. The summed E-state index contributed by atoms with van der Waals surface area (Å²) in [4.78, 5) is 0. The van der Waals surface area contributed by atoms with E-state index in [2.05, 4.69) is 45.1 Å². The van der Waals surface area contributed by atoms with Gasteiger partial charge in [0.05, 0.1) is 29.1 Å². The van der Waals surface area contributed by atoms with Crippen LogP contribution < -0.4 is 11.3 Å². The fraction of sp³-hybridized carbons (Fsp3) is 0.769. The van der Waals surface area contributed by atoms with Gasteiger partial charge >= 0.3 is 0 Å². The molecule has 0 bridgehead atoms. The van der Waals surface area contributed by atoms with Gasteiger partial charge in [-0.15, -0.1) is 0 Å². The van der Waals surface area contributed by atoms with E-state index in [9.17, 15) is 0 Å². The minimum atomic E-state index is -0.220. The lowest BCUT2D eigenvalue weighted by Gasteiger charge is -2.36. The molecule has 0 aromatic carbocycles. The quantitative estimate of drug-likeness (QED) is 0.646. The predicted molar refractivity (Wildman–Crippen MR) is 77.9 cm³/mol. The second-order valence-corrected chi connectivity index (χ2v) is 6.49. The Morgan fingerprint density at radius 1 is 1.42 bits per heavy atom. The highest BCUT2D eigenvalue weighted by Gasteiger charge is 2.36. The van der Waals surface area contributed by atoms with Crippen molar-refractivity contribution in [2.75, 3.05) is 7.11 Å². The molecule has 0 saturated carbocycles. The zero-order chi connectivity index (χ0) is 14.8.